The molecule has 0 unspecified atom stereocenters. The molecule has 0 spiro atoms. The van der Waals surface area contributed by atoms with Crippen LogP contribution in [0.25, 0.3) is 28.9 Å². The molecule has 2 N–H and O–H groups in total. The van der Waals surface area contributed by atoms with Crippen LogP contribution < -0.4 is 4.74 Å². The van der Waals surface area contributed by atoms with Crippen LogP contribution in [0.3, 0.4) is 0 Å². The molecule has 178 valence electrons. The second-order valence-electron chi connectivity index (χ2n) is 7.17. The first-order valence-electron chi connectivity index (χ1n) is 9.99. The molecule has 0 radical (unpaired) electrons. The van der Waals surface area contributed by atoms with Crippen LogP contribution in [0.1, 0.15) is 21.7 Å². The first-order valence-corrected chi connectivity index (χ1v) is 11.2. The van der Waals surface area contributed by atoms with Crippen LogP contribution in [0.15, 0.2) is 67.5 Å². The van der Waals surface area contributed by atoms with Crippen molar-refractivity contribution in [2.45, 2.75) is 12.1 Å². The van der Waals surface area contributed by atoms with Crippen molar-refractivity contribution >= 4 is 41.4 Å². The number of methoxy groups -OCH3 is 1. The fraction of sp³-hybridized carbons (Fsp3) is 0.0833. The zero-order valence-corrected chi connectivity index (χ0v) is 19.9. The zero-order valence-electron chi connectivity index (χ0n) is 18.3. The first kappa shape index (κ1) is 24.1. The van der Waals surface area contributed by atoms with E-state index in [1.165, 1.54) is 25.3 Å². The molecule has 2 aromatic heterocycles. The number of furan rings is 1. The lowest BCUT2D eigenvalue weighted by molar-refractivity contribution is -0.131. The molecular formula is C24H17ClN2O7S. The van der Waals surface area contributed by atoms with Gasteiger partial charge in [0, 0.05) is 16.7 Å². The second kappa shape index (κ2) is 10.1. The highest BCUT2D eigenvalue weighted by Gasteiger charge is 2.19. The van der Waals surface area contributed by atoms with Gasteiger partial charge in [-0.1, -0.05) is 17.7 Å². The normalized spacial score (nSPS) is 11.5. The Balaban J connectivity index is 1.61. The van der Waals surface area contributed by atoms with Gasteiger partial charge in [-0.2, -0.15) is 0 Å². The minimum atomic E-state index is -1.22. The van der Waals surface area contributed by atoms with E-state index >= 15 is 0 Å². The highest BCUT2D eigenvalue weighted by molar-refractivity contribution is 8.03. The standard InChI is InChI=1S/C24H17ClN2O7S/c1-12-3-4-13(22(28)29)9-16(12)19-8-6-15(33-19)11-20(23(30)31)35-24-27-26-21(34-24)17-10-14(25)5-7-18(17)32-2/h3-11H,1-2H3,(H,28,29)(H,30,31)/b20-11-. The summed E-state index contributed by atoms with van der Waals surface area (Å²) >= 11 is 6.80. The maximum Gasteiger partial charge on any atom is 0.342 e. The Bertz CT molecular complexity index is 1460. The summed E-state index contributed by atoms with van der Waals surface area (Å²) in [6.07, 6.45) is 1.32. The molecular weight excluding hydrogens is 496 g/mol. The van der Waals surface area contributed by atoms with Crippen molar-refractivity contribution in [1.29, 1.82) is 0 Å². The fourth-order valence-electron chi connectivity index (χ4n) is 3.16. The molecule has 0 aliphatic carbocycles. The number of thioether (sulfide) groups is 1. The molecule has 0 bridgehead atoms. The lowest BCUT2D eigenvalue weighted by Gasteiger charge is -2.04. The Morgan fingerprint density at radius 3 is 2.54 bits per heavy atom. The van der Waals surface area contributed by atoms with Gasteiger partial charge in [-0.25, -0.2) is 9.59 Å². The van der Waals surface area contributed by atoms with Gasteiger partial charge in [0.05, 0.1) is 18.2 Å². The number of carboxylic acids is 2. The molecule has 0 fully saturated rings. The molecule has 9 nitrogen and oxygen atoms in total. The number of carboxylic acid groups (broad SMARTS) is 2. The predicted molar refractivity (Wildman–Crippen MR) is 129 cm³/mol. The van der Waals surface area contributed by atoms with Crippen LogP contribution in [0.2, 0.25) is 5.02 Å². The van der Waals surface area contributed by atoms with Crippen LogP contribution in [0.5, 0.6) is 5.75 Å². The van der Waals surface area contributed by atoms with Crippen molar-refractivity contribution in [2.24, 2.45) is 0 Å². The fourth-order valence-corrected chi connectivity index (χ4v) is 3.99. The third-order valence-corrected chi connectivity index (χ3v) is 5.94. The minimum Gasteiger partial charge on any atom is -0.496 e. The summed E-state index contributed by atoms with van der Waals surface area (Å²) in [6, 6.07) is 12.8. The van der Waals surface area contributed by atoms with E-state index in [1.807, 2.05) is 6.92 Å². The SMILES string of the molecule is COc1ccc(Cl)cc1-c1nnc(S/C(=C\c2ccc(-c3cc(C(=O)O)ccc3C)o2)C(=O)O)o1. The number of hydrogen-bond acceptors (Lipinski definition) is 8. The van der Waals surface area contributed by atoms with Crippen LogP contribution in [-0.2, 0) is 4.79 Å². The summed E-state index contributed by atoms with van der Waals surface area (Å²) in [7, 11) is 1.49. The molecule has 11 heteroatoms. The molecule has 0 atom stereocenters. The van der Waals surface area contributed by atoms with Gasteiger partial charge in [-0.15, -0.1) is 10.2 Å². The molecule has 0 aliphatic heterocycles. The van der Waals surface area contributed by atoms with Crippen LogP contribution >= 0.6 is 23.4 Å². The minimum absolute atomic E-state index is 0.00698. The van der Waals surface area contributed by atoms with E-state index in [4.69, 9.17) is 25.2 Å². The molecule has 0 amide bonds. The number of benzene rings is 2. The molecule has 0 saturated heterocycles. The van der Waals surface area contributed by atoms with Crippen LogP contribution in [-0.4, -0.2) is 39.5 Å². The van der Waals surface area contributed by atoms with Gasteiger partial charge < -0.3 is 23.8 Å². The lowest BCUT2D eigenvalue weighted by atomic mass is 10.0. The van der Waals surface area contributed by atoms with E-state index in [2.05, 4.69) is 10.2 Å². The van der Waals surface area contributed by atoms with Crippen molar-refractivity contribution in [3.8, 4) is 28.5 Å². The maximum atomic E-state index is 11.9. The number of carbonyl (C=O) groups is 2. The van der Waals surface area contributed by atoms with Crippen molar-refractivity contribution in [3.63, 3.8) is 0 Å². The average molecular weight is 513 g/mol. The number of aliphatic carboxylic acids is 1. The van der Waals surface area contributed by atoms with Gasteiger partial charge in [-0.05, 0) is 66.7 Å². The topological polar surface area (TPSA) is 136 Å². The lowest BCUT2D eigenvalue weighted by Crippen LogP contribution is -1.97. The number of rotatable bonds is 8. The van der Waals surface area contributed by atoms with Crippen molar-refractivity contribution in [3.05, 3.63) is 75.3 Å². The number of nitrogens with zero attached hydrogens (tertiary/aromatic N) is 2. The number of ether oxygens (including phenoxy) is 1. The number of aromatic carboxylic acids is 1. The number of hydrogen-bond donors (Lipinski definition) is 2. The summed E-state index contributed by atoms with van der Waals surface area (Å²) in [5.41, 5.74) is 1.98. The maximum absolute atomic E-state index is 11.9. The quantitative estimate of drug-likeness (QED) is 0.217. The smallest absolute Gasteiger partial charge is 0.342 e. The Kier molecular flexibility index (Phi) is 6.94. The van der Waals surface area contributed by atoms with Crippen LogP contribution in [0, 0.1) is 6.92 Å². The van der Waals surface area contributed by atoms with Gasteiger partial charge in [0.15, 0.2) is 0 Å². The van der Waals surface area contributed by atoms with Crippen molar-refractivity contribution < 1.29 is 33.4 Å². The van der Waals surface area contributed by atoms with E-state index < -0.39 is 11.9 Å². The van der Waals surface area contributed by atoms with Crippen LogP contribution in [0.4, 0.5) is 0 Å². The Morgan fingerprint density at radius 2 is 1.83 bits per heavy atom. The summed E-state index contributed by atoms with van der Waals surface area (Å²) < 4.78 is 16.7. The first-order chi connectivity index (χ1) is 16.7. The summed E-state index contributed by atoms with van der Waals surface area (Å²) in [5.74, 6) is -1.05. The molecule has 2 heterocycles. The van der Waals surface area contributed by atoms with E-state index in [0.717, 1.165) is 17.3 Å². The van der Waals surface area contributed by atoms with Gasteiger partial charge in [-0.3, -0.25) is 0 Å². The summed E-state index contributed by atoms with van der Waals surface area (Å²) in [6.45, 7) is 1.82. The monoisotopic (exact) mass is 512 g/mol. The van der Waals surface area contributed by atoms with E-state index in [1.54, 1.807) is 36.4 Å². The Labute approximate surface area is 208 Å². The van der Waals surface area contributed by atoms with Gasteiger partial charge in [0.1, 0.15) is 22.2 Å². The number of halogens is 1. The van der Waals surface area contributed by atoms with E-state index in [0.29, 0.717) is 27.7 Å². The molecule has 35 heavy (non-hydrogen) atoms. The highest BCUT2D eigenvalue weighted by Crippen LogP contribution is 2.35. The number of aromatic nitrogens is 2. The predicted octanol–water partition coefficient (Wildman–Crippen LogP) is 5.88. The van der Waals surface area contributed by atoms with Gasteiger partial charge in [0.25, 0.3) is 11.1 Å². The summed E-state index contributed by atoms with van der Waals surface area (Å²) in [4.78, 5) is 23.0. The van der Waals surface area contributed by atoms with E-state index in [-0.39, 0.29) is 27.3 Å². The molecule has 0 saturated carbocycles. The molecule has 2 aromatic carbocycles. The summed E-state index contributed by atoms with van der Waals surface area (Å²) in [5, 5.41) is 27.2. The number of aryl methyl sites for hydroxylation is 1. The molecule has 4 aromatic rings. The second-order valence-corrected chi connectivity index (χ2v) is 8.60. The van der Waals surface area contributed by atoms with Gasteiger partial charge >= 0.3 is 11.9 Å². The average Bonchev–Trinajstić information content (AvgIpc) is 3.48. The highest BCUT2D eigenvalue weighted by atomic mass is 35.5. The molecule has 4 rings (SSSR count). The third kappa shape index (κ3) is 5.39. The van der Waals surface area contributed by atoms with Gasteiger partial charge in [0.2, 0.25) is 0 Å². The zero-order chi connectivity index (χ0) is 25.1. The van der Waals surface area contributed by atoms with E-state index in [9.17, 15) is 19.8 Å². The molecule has 0 aliphatic rings. The van der Waals surface area contributed by atoms with Crippen molar-refractivity contribution in [1.82, 2.24) is 10.2 Å². The Hall–Kier alpha value is -4.02. The largest absolute Gasteiger partial charge is 0.496 e. The Morgan fingerprint density at radius 1 is 1.03 bits per heavy atom. The third-order valence-electron chi connectivity index (χ3n) is 4.86. The van der Waals surface area contributed by atoms with Crippen molar-refractivity contribution in [2.75, 3.05) is 7.11 Å².